The molecule has 0 spiro atoms. The molecule has 0 aromatic rings. The molecule has 0 atom stereocenters. The molecule has 16 heavy (non-hydrogen) atoms. The van der Waals surface area contributed by atoms with Crippen LogP contribution < -0.4 is 0 Å². The summed E-state index contributed by atoms with van der Waals surface area (Å²) in [6.07, 6.45) is 6.29. The average Bonchev–Trinajstić information content (AvgIpc) is 2.30. The van der Waals surface area contributed by atoms with E-state index in [1.807, 2.05) is 6.26 Å². The van der Waals surface area contributed by atoms with Crippen LogP contribution in [0, 0.1) is 0 Å². The molecule has 0 aliphatic heterocycles. The van der Waals surface area contributed by atoms with Crippen LogP contribution in [0.4, 0.5) is 0 Å². The van der Waals surface area contributed by atoms with Gasteiger partial charge in [0.1, 0.15) is 0 Å². The van der Waals surface area contributed by atoms with Crippen molar-refractivity contribution in [2.45, 2.75) is 19.3 Å². The third-order valence-corrected chi connectivity index (χ3v) is 7.65. The van der Waals surface area contributed by atoms with Crippen molar-refractivity contribution in [2.24, 2.45) is 0 Å². The summed E-state index contributed by atoms with van der Waals surface area (Å²) in [5, 5.41) is 17.6. The van der Waals surface area contributed by atoms with Crippen molar-refractivity contribution in [1.29, 1.82) is 0 Å². The zero-order valence-electron chi connectivity index (χ0n) is 9.93. The average molecular weight is 286 g/mol. The minimum atomic E-state index is -2.14. The first-order valence-corrected chi connectivity index (χ1v) is 10.6. The van der Waals surface area contributed by atoms with Gasteiger partial charge in [0.2, 0.25) is 0 Å². The van der Waals surface area contributed by atoms with Gasteiger partial charge in [0.25, 0.3) is 0 Å². The van der Waals surface area contributed by atoms with Gasteiger partial charge in [0.15, 0.2) is 0 Å². The maximum Gasteiger partial charge on any atom is 0.0879 e. The highest BCUT2D eigenvalue weighted by Crippen LogP contribution is 2.47. The van der Waals surface area contributed by atoms with Gasteiger partial charge < -0.3 is 14.8 Å². The second-order valence-corrected chi connectivity index (χ2v) is 9.87. The summed E-state index contributed by atoms with van der Waals surface area (Å²) in [4.78, 5) is 0. The highest BCUT2D eigenvalue weighted by molar-refractivity contribution is 8.76. The second kappa shape index (κ2) is 11.0. The van der Waals surface area contributed by atoms with Crippen LogP contribution in [0.15, 0.2) is 0 Å². The maximum atomic E-state index is 12.5. The molecule has 0 bridgehead atoms. The Morgan fingerprint density at radius 3 is 1.94 bits per heavy atom. The summed E-state index contributed by atoms with van der Waals surface area (Å²) < 4.78 is 12.5. The maximum absolute atomic E-state index is 12.5. The fourth-order valence-corrected chi connectivity index (χ4v) is 5.89. The fraction of sp³-hybridized carbons (Fsp3) is 1.00. The Labute approximate surface area is 107 Å². The molecule has 0 fully saturated rings. The summed E-state index contributed by atoms with van der Waals surface area (Å²) in [6.45, 7) is 0.228. The Morgan fingerprint density at radius 1 is 1.00 bits per heavy atom. The monoisotopic (exact) mass is 286 g/mol. The van der Waals surface area contributed by atoms with Crippen molar-refractivity contribution in [1.82, 2.24) is 0 Å². The lowest BCUT2D eigenvalue weighted by Crippen LogP contribution is -2.04. The van der Waals surface area contributed by atoms with Crippen LogP contribution in [0.1, 0.15) is 19.3 Å². The van der Waals surface area contributed by atoms with E-state index >= 15 is 0 Å². The van der Waals surface area contributed by atoms with Gasteiger partial charge in [0.05, 0.1) is 7.14 Å². The Bertz CT molecular complexity index is 191. The predicted molar refractivity (Wildman–Crippen MR) is 76.2 cm³/mol. The van der Waals surface area contributed by atoms with Gasteiger partial charge in [-0.15, -0.1) is 0 Å². The predicted octanol–water partition coefficient (Wildman–Crippen LogP) is 2.52. The quantitative estimate of drug-likeness (QED) is 0.347. The molecule has 0 aliphatic rings. The van der Waals surface area contributed by atoms with Gasteiger partial charge in [-0.1, -0.05) is 21.6 Å². The van der Waals surface area contributed by atoms with E-state index in [0.717, 1.165) is 18.3 Å². The highest BCUT2D eigenvalue weighted by atomic mass is 33.1. The lowest BCUT2D eigenvalue weighted by atomic mass is 10.5. The molecule has 0 aromatic heterocycles. The number of aliphatic hydroxyl groups excluding tert-OH is 2. The third-order valence-electron chi connectivity index (χ3n) is 2.36. The molecule has 0 amide bonds. The summed E-state index contributed by atoms with van der Waals surface area (Å²) in [7, 11) is 1.39. The van der Waals surface area contributed by atoms with E-state index in [0.29, 0.717) is 25.2 Å². The number of hydrogen-bond acceptors (Lipinski definition) is 5. The van der Waals surface area contributed by atoms with Crippen LogP contribution in [0.2, 0.25) is 0 Å². The van der Waals surface area contributed by atoms with E-state index < -0.39 is 7.14 Å². The molecule has 0 radical (unpaired) electrons. The molecule has 0 saturated heterocycles. The Hall–Kier alpha value is 0.850. The molecule has 98 valence electrons. The Balaban J connectivity index is 3.92. The van der Waals surface area contributed by atoms with Crippen LogP contribution in [-0.2, 0) is 4.57 Å². The number of rotatable bonds is 11. The summed E-state index contributed by atoms with van der Waals surface area (Å²) in [5.41, 5.74) is 0. The first-order chi connectivity index (χ1) is 7.68. The van der Waals surface area contributed by atoms with Crippen LogP contribution in [-0.4, -0.2) is 53.9 Å². The zero-order chi connectivity index (χ0) is 12.3. The van der Waals surface area contributed by atoms with E-state index in [9.17, 15) is 4.57 Å². The standard InChI is InChI=1S/C10H23O3PS2/c1-15-16-10-4-9-14(13,7-2-5-11)8-3-6-12/h11-12H,2-10H2,1H3. The fourth-order valence-electron chi connectivity index (χ4n) is 1.55. The van der Waals surface area contributed by atoms with Gasteiger partial charge in [-0.2, -0.15) is 0 Å². The first-order valence-electron chi connectivity index (χ1n) is 5.63. The summed E-state index contributed by atoms with van der Waals surface area (Å²) in [6, 6.07) is 0. The molecule has 2 N–H and O–H groups in total. The summed E-state index contributed by atoms with van der Waals surface area (Å²) in [5.74, 6) is 1.03. The molecule has 0 saturated carbocycles. The highest BCUT2D eigenvalue weighted by Gasteiger charge is 2.20. The molecular weight excluding hydrogens is 263 g/mol. The van der Waals surface area contributed by atoms with Crippen LogP contribution in [0.3, 0.4) is 0 Å². The second-order valence-electron chi connectivity index (χ2n) is 3.73. The molecule has 0 heterocycles. The number of aliphatic hydroxyl groups is 2. The van der Waals surface area contributed by atoms with Crippen molar-refractivity contribution in [3.63, 3.8) is 0 Å². The Morgan fingerprint density at radius 2 is 1.50 bits per heavy atom. The van der Waals surface area contributed by atoms with Crippen molar-refractivity contribution in [3.8, 4) is 0 Å². The van der Waals surface area contributed by atoms with Crippen LogP contribution >= 0.6 is 28.7 Å². The van der Waals surface area contributed by atoms with Crippen molar-refractivity contribution in [2.75, 3.05) is 43.7 Å². The minimum Gasteiger partial charge on any atom is -0.396 e. The van der Waals surface area contributed by atoms with Gasteiger partial charge in [-0.3, -0.25) is 0 Å². The van der Waals surface area contributed by atoms with E-state index in [1.165, 1.54) is 0 Å². The zero-order valence-corrected chi connectivity index (χ0v) is 12.5. The normalized spacial score (nSPS) is 11.9. The SMILES string of the molecule is CSSCCCP(=O)(CCCO)CCCO. The topological polar surface area (TPSA) is 57.5 Å². The smallest absolute Gasteiger partial charge is 0.0879 e. The Kier molecular flexibility index (Phi) is 11.6. The molecule has 0 unspecified atom stereocenters. The minimum absolute atomic E-state index is 0.114. The molecule has 0 aliphatic carbocycles. The molecule has 3 nitrogen and oxygen atoms in total. The molecular formula is C10H23O3PS2. The van der Waals surface area contributed by atoms with Crippen LogP contribution in [0.5, 0.6) is 0 Å². The number of hydrogen-bond donors (Lipinski definition) is 2. The van der Waals surface area contributed by atoms with Crippen molar-refractivity contribution in [3.05, 3.63) is 0 Å². The van der Waals surface area contributed by atoms with E-state index in [1.54, 1.807) is 21.6 Å². The van der Waals surface area contributed by atoms with Crippen molar-refractivity contribution < 1.29 is 14.8 Å². The van der Waals surface area contributed by atoms with Gasteiger partial charge in [-0.25, -0.2) is 0 Å². The van der Waals surface area contributed by atoms with Gasteiger partial charge >= 0.3 is 0 Å². The van der Waals surface area contributed by atoms with Crippen molar-refractivity contribution >= 4 is 28.7 Å². The van der Waals surface area contributed by atoms with Gasteiger partial charge in [-0.05, 0) is 25.5 Å². The summed E-state index contributed by atoms with van der Waals surface area (Å²) >= 11 is 0. The lowest BCUT2D eigenvalue weighted by molar-refractivity contribution is 0.293. The van der Waals surface area contributed by atoms with E-state index in [4.69, 9.17) is 10.2 Å². The largest absolute Gasteiger partial charge is 0.396 e. The molecule has 0 rings (SSSR count). The molecule has 6 heteroatoms. The lowest BCUT2D eigenvalue weighted by Gasteiger charge is -2.17. The van der Waals surface area contributed by atoms with E-state index in [2.05, 4.69) is 0 Å². The van der Waals surface area contributed by atoms with Gasteiger partial charge in [0, 0.05) is 37.5 Å². The van der Waals surface area contributed by atoms with E-state index in [-0.39, 0.29) is 13.2 Å². The van der Waals surface area contributed by atoms with Crippen LogP contribution in [0.25, 0.3) is 0 Å². The molecule has 0 aromatic carbocycles. The third kappa shape index (κ3) is 8.94. The first kappa shape index (κ1) is 16.9.